The van der Waals surface area contributed by atoms with Crippen molar-refractivity contribution in [1.29, 1.82) is 0 Å². The molecule has 9 heavy (non-hydrogen) atoms. The van der Waals surface area contributed by atoms with Gasteiger partial charge in [-0.2, -0.15) is 0 Å². The molecule has 0 radical (unpaired) electrons. The standard InChI is InChI=1S/C7H15NO/c1-2-8(5-6-9)7-3-4-7/h7,9H,2-6H2,1H3. The van der Waals surface area contributed by atoms with Gasteiger partial charge in [-0.05, 0) is 19.4 Å². The molecule has 0 heterocycles. The molecule has 2 nitrogen and oxygen atoms in total. The second-order valence-corrected chi connectivity index (χ2v) is 2.58. The van der Waals surface area contributed by atoms with Crippen LogP contribution in [0.5, 0.6) is 0 Å². The Morgan fingerprint density at radius 3 is 2.56 bits per heavy atom. The zero-order chi connectivity index (χ0) is 6.69. The van der Waals surface area contributed by atoms with Crippen molar-refractivity contribution >= 4 is 0 Å². The lowest BCUT2D eigenvalue weighted by molar-refractivity contribution is 0.196. The maximum absolute atomic E-state index is 8.60. The Morgan fingerprint density at radius 2 is 2.22 bits per heavy atom. The quantitative estimate of drug-likeness (QED) is 0.596. The highest BCUT2D eigenvalue weighted by Gasteiger charge is 2.26. The third-order valence-electron chi connectivity index (χ3n) is 1.86. The zero-order valence-electron chi connectivity index (χ0n) is 6.01. The van der Waals surface area contributed by atoms with E-state index in [1.807, 2.05) is 0 Å². The fraction of sp³-hybridized carbons (Fsp3) is 1.00. The predicted octanol–water partition coefficient (Wildman–Crippen LogP) is 0.463. The summed E-state index contributed by atoms with van der Waals surface area (Å²) in [7, 11) is 0. The van der Waals surface area contributed by atoms with Crippen LogP contribution < -0.4 is 0 Å². The van der Waals surface area contributed by atoms with Gasteiger partial charge in [-0.3, -0.25) is 4.90 Å². The first-order valence-corrected chi connectivity index (χ1v) is 3.73. The third kappa shape index (κ3) is 1.95. The van der Waals surface area contributed by atoms with Crippen LogP contribution in [0.3, 0.4) is 0 Å². The van der Waals surface area contributed by atoms with Gasteiger partial charge in [-0.25, -0.2) is 0 Å². The van der Waals surface area contributed by atoms with E-state index in [0.717, 1.165) is 19.1 Å². The van der Waals surface area contributed by atoms with Crippen molar-refractivity contribution < 1.29 is 5.11 Å². The number of aliphatic hydroxyl groups is 1. The summed E-state index contributed by atoms with van der Waals surface area (Å²) in [5, 5.41) is 8.60. The Morgan fingerprint density at radius 1 is 1.56 bits per heavy atom. The maximum atomic E-state index is 8.60. The molecule has 0 aromatic rings. The van der Waals surface area contributed by atoms with Crippen LogP contribution in [0.15, 0.2) is 0 Å². The first-order valence-electron chi connectivity index (χ1n) is 3.73. The molecule has 1 rings (SSSR count). The van der Waals surface area contributed by atoms with Crippen molar-refractivity contribution in [3.05, 3.63) is 0 Å². The first kappa shape index (κ1) is 7.03. The Kier molecular flexibility index (Phi) is 2.49. The minimum Gasteiger partial charge on any atom is -0.395 e. The van der Waals surface area contributed by atoms with Gasteiger partial charge < -0.3 is 5.11 Å². The van der Waals surface area contributed by atoms with Gasteiger partial charge >= 0.3 is 0 Å². The van der Waals surface area contributed by atoms with Gasteiger partial charge in [0.05, 0.1) is 6.61 Å². The smallest absolute Gasteiger partial charge is 0.0558 e. The Hall–Kier alpha value is -0.0800. The number of hydrogen-bond donors (Lipinski definition) is 1. The number of rotatable bonds is 4. The van der Waals surface area contributed by atoms with Crippen molar-refractivity contribution in [2.45, 2.75) is 25.8 Å². The van der Waals surface area contributed by atoms with E-state index in [9.17, 15) is 0 Å². The van der Waals surface area contributed by atoms with Gasteiger partial charge in [0.1, 0.15) is 0 Å². The van der Waals surface area contributed by atoms with Crippen LogP contribution in [0.4, 0.5) is 0 Å². The first-order chi connectivity index (χ1) is 4.38. The lowest BCUT2D eigenvalue weighted by Crippen LogP contribution is -2.28. The third-order valence-corrected chi connectivity index (χ3v) is 1.86. The van der Waals surface area contributed by atoms with E-state index in [1.165, 1.54) is 12.8 Å². The number of aliphatic hydroxyl groups excluding tert-OH is 1. The molecular formula is C7H15NO. The highest BCUT2D eigenvalue weighted by molar-refractivity contribution is 4.83. The lowest BCUT2D eigenvalue weighted by atomic mass is 10.4. The minimum atomic E-state index is 0.310. The van der Waals surface area contributed by atoms with E-state index >= 15 is 0 Å². The fourth-order valence-corrected chi connectivity index (χ4v) is 1.17. The van der Waals surface area contributed by atoms with Crippen molar-refractivity contribution in [1.82, 2.24) is 4.90 Å². The monoisotopic (exact) mass is 129 g/mol. The van der Waals surface area contributed by atoms with Gasteiger partial charge in [0, 0.05) is 12.6 Å². The summed E-state index contributed by atoms with van der Waals surface area (Å²) in [6.45, 7) is 4.41. The predicted molar refractivity (Wildman–Crippen MR) is 37.4 cm³/mol. The van der Waals surface area contributed by atoms with Crippen LogP contribution in [0.2, 0.25) is 0 Å². The molecule has 1 saturated carbocycles. The number of likely N-dealkylation sites (N-methyl/N-ethyl adjacent to an activating group) is 1. The topological polar surface area (TPSA) is 23.5 Å². The van der Waals surface area contributed by atoms with Gasteiger partial charge in [0.25, 0.3) is 0 Å². The van der Waals surface area contributed by atoms with Crippen LogP contribution in [-0.2, 0) is 0 Å². The second kappa shape index (κ2) is 3.18. The molecule has 0 bridgehead atoms. The summed E-state index contributed by atoms with van der Waals surface area (Å²) in [6.07, 6.45) is 2.68. The summed E-state index contributed by atoms with van der Waals surface area (Å²) in [5.74, 6) is 0. The van der Waals surface area contributed by atoms with Crippen LogP contribution in [0.25, 0.3) is 0 Å². The molecule has 0 amide bonds. The molecule has 0 atom stereocenters. The van der Waals surface area contributed by atoms with Gasteiger partial charge in [-0.1, -0.05) is 6.92 Å². The highest BCUT2D eigenvalue weighted by atomic mass is 16.3. The van der Waals surface area contributed by atoms with Crippen LogP contribution in [0.1, 0.15) is 19.8 Å². The molecule has 0 unspecified atom stereocenters. The van der Waals surface area contributed by atoms with Crippen molar-refractivity contribution in [3.8, 4) is 0 Å². The summed E-state index contributed by atoms with van der Waals surface area (Å²) in [6, 6.07) is 0.808. The van der Waals surface area contributed by atoms with Gasteiger partial charge in [0.2, 0.25) is 0 Å². The van der Waals surface area contributed by atoms with E-state index in [4.69, 9.17) is 5.11 Å². The minimum absolute atomic E-state index is 0.310. The summed E-state index contributed by atoms with van der Waals surface area (Å²) in [4.78, 5) is 2.33. The summed E-state index contributed by atoms with van der Waals surface area (Å²) in [5.41, 5.74) is 0. The molecule has 0 aromatic heterocycles. The number of nitrogens with zero attached hydrogens (tertiary/aromatic N) is 1. The fourth-order valence-electron chi connectivity index (χ4n) is 1.17. The van der Waals surface area contributed by atoms with E-state index < -0.39 is 0 Å². The molecule has 1 aliphatic rings. The summed E-state index contributed by atoms with van der Waals surface area (Å²) < 4.78 is 0. The van der Waals surface area contributed by atoms with Crippen molar-refractivity contribution in [3.63, 3.8) is 0 Å². The molecule has 0 saturated heterocycles. The largest absolute Gasteiger partial charge is 0.395 e. The molecule has 1 aliphatic carbocycles. The maximum Gasteiger partial charge on any atom is 0.0558 e. The average Bonchev–Trinajstić information content (AvgIpc) is 2.64. The van der Waals surface area contributed by atoms with Crippen molar-refractivity contribution in [2.75, 3.05) is 19.7 Å². The van der Waals surface area contributed by atoms with E-state index in [1.54, 1.807) is 0 Å². The molecule has 54 valence electrons. The Balaban J connectivity index is 2.12. The van der Waals surface area contributed by atoms with Gasteiger partial charge in [0.15, 0.2) is 0 Å². The van der Waals surface area contributed by atoms with Crippen LogP contribution in [0, 0.1) is 0 Å². The molecular weight excluding hydrogens is 114 g/mol. The van der Waals surface area contributed by atoms with E-state index in [-0.39, 0.29) is 0 Å². The molecule has 0 aliphatic heterocycles. The van der Waals surface area contributed by atoms with Crippen LogP contribution >= 0.6 is 0 Å². The van der Waals surface area contributed by atoms with E-state index in [0.29, 0.717) is 6.61 Å². The highest BCUT2D eigenvalue weighted by Crippen LogP contribution is 2.25. The second-order valence-electron chi connectivity index (χ2n) is 2.58. The lowest BCUT2D eigenvalue weighted by Gasteiger charge is -2.17. The molecule has 2 heteroatoms. The molecule has 1 N–H and O–H groups in total. The molecule has 0 aromatic carbocycles. The normalized spacial score (nSPS) is 19.0. The SMILES string of the molecule is CCN(CCO)C1CC1. The Bertz CT molecular complexity index is 81.0. The van der Waals surface area contributed by atoms with E-state index in [2.05, 4.69) is 11.8 Å². The van der Waals surface area contributed by atoms with Crippen LogP contribution in [-0.4, -0.2) is 35.7 Å². The average molecular weight is 129 g/mol. The van der Waals surface area contributed by atoms with Crippen molar-refractivity contribution in [2.24, 2.45) is 0 Å². The molecule has 0 spiro atoms. The zero-order valence-corrected chi connectivity index (χ0v) is 6.01. The Labute approximate surface area is 56.5 Å². The van der Waals surface area contributed by atoms with Gasteiger partial charge in [-0.15, -0.1) is 0 Å². The molecule has 1 fully saturated rings. The number of hydrogen-bond acceptors (Lipinski definition) is 2. The summed E-state index contributed by atoms with van der Waals surface area (Å²) >= 11 is 0.